The van der Waals surface area contributed by atoms with Crippen LogP contribution in [0.25, 0.3) is 0 Å². The first kappa shape index (κ1) is 14.2. The van der Waals surface area contributed by atoms with Gasteiger partial charge in [0.25, 0.3) is 0 Å². The number of anilines is 1. The van der Waals surface area contributed by atoms with Crippen molar-refractivity contribution >= 4 is 5.95 Å². The minimum absolute atomic E-state index is 0.585. The third-order valence-electron chi connectivity index (χ3n) is 3.79. The van der Waals surface area contributed by atoms with Crippen LogP contribution in [-0.4, -0.2) is 55.1 Å². The summed E-state index contributed by atoms with van der Waals surface area (Å²) in [6, 6.07) is 0. The minimum Gasteiger partial charge on any atom is -0.344 e. The molecule has 1 atom stereocenters. The molecule has 1 fully saturated rings. The molecule has 19 heavy (non-hydrogen) atoms. The summed E-state index contributed by atoms with van der Waals surface area (Å²) >= 11 is 0. The van der Waals surface area contributed by atoms with Gasteiger partial charge in [-0.05, 0) is 50.9 Å². The molecule has 1 aromatic rings. The van der Waals surface area contributed by atoms with Crippen molar-refractivity contribution in [3.63, 3.8) is 0 Å². The molecule has 1 aliphatic rings. The Morgan fingerprint density at radius 1 is 1.42 bits per heavy atom. The zero-order valence-corrected chi connectivity index (χ0v) is 12.0. The molecule has 1 unspecified atom stereocenters. The minimum atomic E-state index is 0.585. The van der Waals surface area contributed by atoms with Gasteiger partial charge >= 0.3 is 0 Å². The Hall–Kier alpha value is -1.20. The standard InChI is InChI=1S/C14H25N5/c1-18-7-3-5-12(11-18)13-9-16-14(17-10-13)19(2)8-4-6-15/h9-10,12H,3-8,11,15H2,1-2H3. The first-order valence-electron chi connectivity index (χ1n) is 7.12. The monoisotopic (exact) mass is 263 g/mol. The van der Waals surface area contributed by atoms with E-state index in [1.165, 1.54) is 24.9 Å². The van der Waals surface area contributed by atoms with E-state index in [-0.39, 0.29) is 0 Å². The topological polar surface area (TPSA) is 58.3 Å². The van der Waals surface area contributed by atoms with Gasteiger partial charge in [-0.25, -0.2) is 9.97 Å². The summed E-state index contributed by atoms with van der Waals surface area (Å²) in [6.07, 6.45) is 7.46. The quantitative estimate of drug-likeness (QED) is 0.861. The molecule has 5 nitrogen and oxygen atoms in total. The van der Waals surface area contributed by atoms with Crippen LogP contribution in [0.15, 0.2) is 12.4 Å². The summed E-state index contributed by atoms with van der Waals surface area (Å²) in [5.41, 5.74) is 6.78. The fourth-order valence-corrected chi connectivity index (χ4v) is 2.61. The van der Waals surface area contributed by atoms with Crippen LogP contribution in [-0.2, 0) is 0 Å². The summed E-state index contributed by atoms with van der Waals surface area (Å²) in [5.74, 6) is 1.38. The lowest BCUT2D eigenvalue weighted by Crippen LogP contribution is -2.31. The van der Waals surface area contributed by atoms with Crippen LogP contribution in [0.1, 0.15) is 30.7 Å². The Morgan fingerprint density at radius 2 is 2.16 bits per heavy atom. The summed E-state index contributed by atoms with van der Waals surface area (Å²) in [7, 11) is 4.20. The fourth-order valence-electron chi connectivity index (χ4n) is 2.61. The molecule has 2 heterocycles. The zero-order chi connectivity index (χ0) is 13.7. The number of likely N-dealkylation sites (tertiary alicyclic amines) is 1. The molecular formula is C14H25N5. The number of nitrogens with zero attached hydrogens (tertiary/aromatic N) is 4. The smallest absolute Gasteiger partial charge is 0.224 e. The highest BCUT2D eigenvalue weighted by molar-refractivity contribution is 5.29. The molecule has 1 aromatic heterocycles. The molecule has 0 bridgehead atoms. The first-order valence-corrected chi connectivity index (χ1v) is 7.12. The largest absolute Gasteiger partial charge is 0.344 e. The van der Waals surface area contributed by atoms with Crippen molar-refractivity contribution in [3.05, 3.63) is 18.0 Å². The van der Waals surface area contributed by atoms with Crippen molar-refractivity contribution in [2.45, 2.75) is 25.2 Å². The lowest BCUT2D eigenvalue weighted by atomic mass is 9.93. The normalized spacial score (nSPS) is 20.5. The molecule has 5 heteroatoms. The van der Waals surface area contributed by atoms with Gasteiger partial charge in [-0.2, -0.15) is 0 Å². The van der Waals surface area contributed by atoms with Crippen LogP contribution < -0.4 is 10.6 Å². The molecule has 106 valence electrons. The highest BCUT2D eigenvalue weighted by Gasteiger charge is 2.19. The van der Waals surface area contributed by atoms with Gasteiger partial charge in [0, 0.05) is 32.5 Å². The van der Waals surface area contributed by atoms with E-state index in [4.69, 9.17) is 5.73 Å². The highest BCUT2D eigenvalue weighted by atomic mass is 15.2. The third kappa shape index (κ3) is 3.88. The average molecular weight is 263 g/mol. The van der Waals surface area contributed by atoms with Crippen molar-refractivity contribution in [2.24, 2.45) is 5.73 Å². The van der Waals surface area contributed by atoms with Crippen LogP contribution in [0.2, 0.25) is 0 Å². The van der Waals surface area contributed by atoms with Crippen molar-refractivity contribution < 1.29 is 0 Å². The maximum absolute atomic E-state index is 5.52. The van der Waals surface area contributed by atoms with Gasteiger partial charge in [0.1, 0.15) is 0 Å². The number of nitrogens with two attached hydrogens (primary N) is 1. The Kier molecular flexibility index (Phi) is 5.10. The van der Waals surface area contributed by atoms with E-state index < -0.39 is 0 Å². The molecule has 0 spiro atoms. The number of hydrogen-bond donors (Lipinski definition) is 1. The molecule has 0 aliphatic carbocycles. The van der Waals surface area contributed by atoms with Crippen LogP contribution >= 0.6 is 0 Å². The summed E-state index contributed by atoms with van der Waals surface area (Å²) < 4.78 is 0. The Labute approximate surface area is 115 Å². The van der Waals surface area contributed by atoms with Gasteiger partial charge in [-0.1, -0.05) is 0 Å². The SMILES string of the molecule is CN1CCCC(c2cnc(N(C)CCCN)nc2)C1. The second-order valence-electron chi connectivity index (χ2n) is 5.48. The van der Waals surface area contributed by atoms with E-state index in [1.807, 2.05) is 19.4 Å². The van der Waals surface area contributed by atoms with Gasteiger partial charge < -0.3 is 15.5 Å². The zero-order valence-electron chi connectivity index (χ0n) is 12.0. The number of likely N-dealkylation sites (N-methyl/N-ethyl adjacent to an activating group) is 1. The lowest BCUT2D eigenvalue weighted by molar-refractivity contribution is 0.250. The van der Waals surface area contributed by atoms with E-state index in [1.54, 1.807) is 0 Å². The van der Waals surface area contributed by atoms with Crippen LogP contribution in [0, 0.1) is 0 Å². The van der Waals surface area contributed by atoms with Crippen molar-refractivity contribution in [2.75, 3.05) is 45.2 Å². The Balaban J connectivity index is 1.97. The van der Waals surface area contributed by atoms with E-state index in [0.29, 0.717) is 12.5 Å². The number of hydrogen-bond acceptors (Lipinski definition) is 5. The van der Waals surface area contributed by atoms with Gasteiger partial charge in [-0.3, -0.25) is 0 Å². The highest BCUT2D eigenvalue weighted by Crippen LogP contribution is 2.25. The lowest BCUT2D eigenvalue weighted by Gasteiger charge is -2.29. The maximum atomic E-state index is 5.52. The molecule has 1 saturated heterocycles. The third-order valence-corrected chi connectivity index (χ3v) is 3.79. The number of piperidine rings is 1. The van der Waals surface area contributed by atoms with Gasteiger partial charge in [0.2, 0.25) is 5.95 Å². The predicted molar refractivity (Wildman–Crippen MR) is 78.4 cm³/mol. The van der Waals surface area contributed by atoms with E-state index in [9.17, 15) is 0 Å². The van der Waals surface area contributed by atoms with E-state index in [0.717, 1.165) is 25.5 Å². The molecular weight excluding hydrogens is 238 g/mol. The Bertz CT molecular complexity index is 378. The second kappa shape index (κ2) is 6.82. The fraction of sp³-hybridized carbons (Fsp3) is 0.714. The molecule has 0 aromatic carbocycles. The van der Waals surface area contributed by atoms with Gasteiger partial charge in [0.05, 0.1) is 0 Å². The predicted octanol–water partition coefficient (Wildman–Crippen LogP) is 1.07. The molecule has 2 N–H and O–H groups in total. The Morgan fingerprint density at radius 3 is 2.79 bits per heavy atom. The summed E-state index contributed by atoms with van der Waals surface area (Å²) in [5, 5.41) is 0. The number of rotatable bonds is 5. The van der Waals surface area contributed by atoms with Gasteiger partial charge in [0.15, 0.2) is 0 Å². The van der Waals surface area contributed by atoms with E-state index >= 15 is 0 Å². The number of aromatic nitrogens is 2. The van der Waals surface area contributed by atoms with Crippen LogP contribution in [0.3, 0.4) is 0 Å². The molecule has 0 radical (unpaired) electrons. The maximum Gasteiger partial charge on any atom is 0.224 e. The average Bonchev–Trinajstić information content (AvgIpc) is 2.45. The molecule has 1 aliphatic heterocycles. The van der Waals surface area contributed by atoms with Crippen LogP contribution in [0.5, 0.6) is 0 Å². The molecule has 0 amide bonds. The first-order chi connectivity index (χ1) is 9.20. The summed E-state index contributed by atoms with van der Waals surface area (Å²) in [6.45, 7) is 3.93. The van der Waals surface area contributed by atoms with Crippen LogP contribution in [0.4, 0.5) is 5.95 Å². The van der Waals surface area contributed by atoms with Crippen molar-refractivity contribution in [1.29, 1.82) is 0 Å². The van der Waals surface area contributed by atoms with Gasteiger partial charge in [-0.15, -0.1) is 0 Å². The molecule has 0 saturated carbocycles. The second-order valence-corrected chi connectivity index (χ2v) is 5.48. The molecule has 2 rings (SSSR count). The van der Waals surface area contributed by atoms with Crippen molar-refractivity contribution in [1.82, 2.24) is 14.9 Å². The van der Waals surface area contributed by atoms with E-state index in [2.05, 4.69) is 26.8 Å². The summed E-state index contributed by atoms with van der Waals surface area (Å²) in [4.78, 5) is 13.4. The van der Waals surface area contributed by atoms with Crippen molar-refractivity contribution in [3.8, 4) is 0 Å².